The van der Waals surface area contributed by atoms with Crippen LogP contribution in [0.2, 0.25) is 0 Å². The number of benzene rings is 1. The fourth-order valence-electron chi connectivity index (χ4n) is 3.17. The van der Waals surface area contributed by atoms with Crippen molar-refractivity contribution in [1.82, 2.24) is 15.6 Å². The third-order valence-corrected chi connectivity index (χ3v) is 5.67. The van der Waals surface area contributed by atoms with E-state index in [1.165, 1.54) is 4.88 Å². The zero-order chi connectivity index (χ0) is 20.6. The molecule has 1 aromatic carbocycles. The standard InChI is InChI=1S/C21H29N5O2S.HI/c1-4-22-21(24-13-19-14(2)25-15(3)29-19)23-12-16-7-5-8-17(11-16)26-20(27)18-9-6-10-28-18;/h5,7-8,11,18H,4,6,9-10,12-13H2,1-3H3,(H,26,27)(H2,22,23,24);1H. The summed E-state index contributed by atoms with van der Waals surface area (Å²) in [7, 11) is 0. The Morgan fingerprint density at radius 3 is 2.83 bits per heavy atom. The van der Waals surface area contributed by atoms with Gasteiger partial charge in [-0.2, -0.15) is 0 Å². The molecule has 1 aliphatic heterocycles. The maximum Gasteiger partial charge on any atom is 0.253 e. The Bertz CT molecular complexity index is 865. The number of carbonyl (C=O) groups excluding carboxylic acids is 1. The number of nitrogens with one attached hydrogen (secondary N) is 3. The van der Waals surface area contributed by atoms with Crippen LogP contribution in [0, 0.1) is 13.8 Å². The van der Waals surface area contributed by atoms with Crippen LogP contribution in [0.3, 0.4) is 0 Å². The minimum atomic E-state index is -0.333. The van der Waals surface area contributed by atoms with Gasteiger partial charge in [0.1, 0.15) is 6.10 Å². The van der Waals surface area contributed by atoms with Crippen molar-refractivity contribution in [3.63, 3.8) is 0 Å². The van der Waals surface area contributed by atoms with Crippen LogP contribution in [-0.4, -0.2) is 36.1 Å². The van der Waals surface area contributed by atoms with E-state index in [0.29, 0.717) is 19.7 Å². The molecule has 1 unspecified atom stereocenters. The molecule has 1 aromatic heterocycles. The molecular formula is C21H30IN5O2S. The van der Waals surface area contributed by atoms with Gasteiger partial charge in [0.15, 0.2) is 5.96 Å². The molecule has 2 aromatic rings. The van der Waals surface area contributed by atoms with Gasteiger partial charge in [0.2, 0.25) is 0 Å². The Morgan fingerprint density at radius 1 is 1.33 bits per heavy atom. The molecule has 3 rings (SSSR count). The second-order valence-electron chi connectivity index (χ2n) is 6.98. The lowest BCUT2D eigenvalue weighted by molar-refractivity contribution is -0.124. The quantitative estimate of drug-likeness (QED) is 0.281. The Kier molecular flexibility index (Phi) is 9.99. The van der Waals surface area contributed by atoms with E-state index in [2.05, 4.69) is 25.9 Å². The van der Waals surface area contributed by atoms with E-state index in [-0.39, 0.29) is 36.0 Å². The van der Waals surface area contributed by atoms with Crippen molar-refractivity contribution in [2.75, 3.05) is 18.5 Å². The van der Waals surface area contributed by atoms with Crippen LogP contribution >= 0.6 is 35.3 Å². The molecule has 1 atom stereocenters. The first-order chi connectivity index (χ1) is 14.0. The van der Waals surface area contributed by atoms with Crippen molar-refractivity contribution in [2.45, 2.75) is 52.8 Å². The highest BCUT2D eigenvalue weighted by molar-refractivity contribution is 14.0. The maximum absolute atomic E-state index is 12.2. The lowest BCUT2D eigenvalue weighted by Gasteiger charge is -2.12. The number of thiazole rings is 1. The Balaban J connectivity index is 0.00000320. The topological polar surface area (TPSA) is 87.6 Å². The molecule has 164 valence electrons. The third kappa shape index (κ3) is 7.21. The zero-order valence-corrected chi connectivity index (χ0v) is 20.8. The van der Waals surface area contributed by atoms with E-state index >= 15 is 0 Å². The van der Waals surface area contributed by atoms with Crippen LogP contribution in [-0.2, 0) is 22.6 Å². The number of anilines is 1. The predicted octanol–water partition coefficient (Wildman–Crippen LogP) is 3.75. The molecule has 1 saturated heterocycles. The van der Waals surface area contributed by atoms with Crippen molar-refractivity contribution in [3.05, 3.63) is 45.4 Å². The van der Waals surface area contributed by atoms with Crippen LogP contribution in [0.4, 0.5) is 5.69 Å². The molecule has 2 heterocycles. The summed E-state index contributed by atoms with van der Waals surface area (Å²) < 4.78 is 5.44. The van der Waals surface area contributed by atoms with Crippen molar-refractivity contribution in [3.8, 4) is 0 Å². The average molecular weight is 543 g/mol. The zero-order valence-electron chi connectivity index (χ0n) is 17.7. The van der Waals surface area contributed by atoms with Crippen LogP contribution < -0.4 is 16.0 Å². The number of carbonyl (C=O) groups is 1. The number of rotatable bonds is 7. The van der Waals surface area contributed by atoms with E-state index < -0.39 is 0 Å². The summed E-state index contributed by atoms with van der Waals surface area (Å²) in [5.74, 6) is 0.681. The molecule has 7 nitrogen and oxygen atoms in total. The van der Waals surface area contributed by atoms with Crippen LogP contribution in [0.25, 0.3) is 0 Å². The number of aromatic nitrogens is 1. The smallest absolute Gasteiger partial charge is 0.253 e. The molecule has 30 heavy (non-hydrogen) atoms. The fraction of sp³-hybridized carbons (Fsp3) is 0.476. The molecule has 0 spiro atoms. The summed E-state index contributed by atoms with van der Waals surface area (Å²) >= 11 is 1.70. The number of amides is 1. The number of ether oxygens (including phenoxy) is 1. The molecular weight excluding hydrogens is 513 g/mol. The first-order valence-corrected chi connectivity index (χ1v) is 10.8. The number of hydrogen-bond acceptors (Lipinski definition) is 5. The highest BCUT2D eigenvalue weighted by Crippen LogP contribution is 2.18. The third-order valence-electron chi connectivity index (χ3n) is 4.60. The van der Waals surface area contributed by atoms with Crippen molar-refractivity contribution >= 4 is 52.9 Å². The highest BCUT2D eigenvalue weighted by atomic mass is 127. The first kappa shape index (κ1) is 24.5. The summed E-state index contributed by atoms with van der Waals surface area (Å²) in [6.07, 6.45) is 1.39. The van der Waals surface area contributed by atoms with Gasteiger partial charge in [0.25, 0.3) is 5.91 Å². The van der Waals surface area contributed by atoms with Gasteiger partial charge in [-0.25, -0.2) is 9.98 Å². The van der Waals surface area contributed by atoms with E-state index in [1.54, 1.807) is 11.3 Å². The normalized spacial score (nSPS) is 16.1. The molecule has 0 bridgehead atoms. The molecule has 1 fully saturated rings. The second-order valence-corrected chi connectivity index (χ2v) is 8.27. The maximum atomic E-state index is 12.2. The Hall–Kier alpha value is -1.72. The molecule has 1 aliphatic rings. The van der Waals surface area contributed by atoms with Crippen molar-refractivity contribution < 1.29 is 9.53 Å². The van der Waals surface area contributed by atoms with Gasteiger partial charge < -0.3 is 20.7 Å². The number of guanidine groups is 1. The molecule has 0 radical (unpaired) electrons. The van der Waals surface area contributed by atoms with Crippen molar-refractivity contribution in [1.29, 1.82) is 0 Å². The number of aliphatic imine (C=N–C) groups is 1. The second kappa shape index (κ2) is 12.2. The summed E-state index contributed by atoms with van der Waals surface area (Å²) in [6, 6.07) is 7.78. The van der Waals surface area contributed by atoms with Gasteiger partial charge in [-0.1, -0.05) is 12.1 Å². The summed E-state index contributed by atoms with van der Waals surface area (Å²) in [5.41, 5.74) is 2.86. The fourth-order valence-corrected chi connectivity index (χ4v) is 4.05. The van der Waals surface area contributed by atoms with Crippen LogP contribution in [0.5, 0.6) is 0 Å². The minimum absolute atomic E-state index is 0. The number of nitrogens with zero attached hydrogens (tertiary/aromatic N) is 2. The molecule has 1 amide bonds. The molecule has 3 N–H and O–H groups in total. The average Bonchev–Trinajstić information content (AvgIpc) is 3.34. The van der Waals surface area contributed by atoms with Gasteiger partial charge in [-0.3, -0.25) is 4.79 Å². The first-order valence-electron chi connectivity index (χ1n) is 10.0. The molecule has 0 aliphatic carbocycles. The van der Waals surface area contributed by atoms with Crippen LogP contribution in [0.1, 0.15) is 40.9 Å². The summed E-state index contributed by atoms with van der Waals surface area (Å²) in [4.78, 5) is 22.6. The van der Waals surface area contributed by atoms with Crippen molar-refractivity contribution in [2.24, 2.45) is 4.99 Å². The van der Waals surface area contributed by atoms with Gasteiger partial charge in [-0.15, -0.1) is 35.3 Å². The van der Waals surface area contributed by atoms with Gasteiger partial charge in [-0.05, 0) is 51.3 Å². The van der Waals surface area contributed by atoms with E-state index in [9.17, 15) is 4.79 Å². The van der Waals surface area contributed by atoms with Gasteiger partial charge in [0.05, 0.1) is 23.8 Å². The number of aryl methyl sites for hydroxylation is 2. The largest absolute Gasteiger partial charge is 0.368 e. The molecule has 0 saturated carbocycles. The minimum Gasteiger partial charge on any atom is -0.368 e. The molecule has 9 heteroatoms. The van der Waals surface area contributed by atoms with Gasteiger partial charge in [0, 0.05) is 23.7 Å². The Morgan fingerprint density at radius 2 is 2.17 bits per heavy atom. The van der Waals surface area contributed by atoms with E-state index in [4.69, 9.17) is 4.74 Å². The SMILES string of the molecule is CCNC(=NCc1cccc(NC(=O)C2CCCO2)c1)NCc1sc(C)nc1C.I. The highest BCUT2D eigenvalue weighted by Gasteiger charge is 2.23. The van der Waals surface area contributed by atoms with Crippen LogP contribution in [0.15, 0.2) is 29.3 Å². The number of hydrogen-bond donors (Lipinski definition) is 3. The summed E-state index contributed by atoms with van der Waals surface area (Å²) in [6.45, 7) is 8.74. The lowest BCUT2D eigenvalue weighted by atomic mass is 10.2. The monoisotopic (exact) mass is 543 g/mol. The lowest BCUT2D eigenvalue weighted by Crippen LogP contribution is -2.36. The van der Waals surface area contributed by atoms with Gasteiger partial charge >= 0.3 is 0 Å². The summed E-state index contributed by atoms with van der Waals surface area (Å²) in [5, 5.41) is 10.7. The van der Waals surface area contributed by atoms with E-state index in [1.807, 2.05) is 45.0 Å². The van der Waals surface area contributed by atoms with E-state index in [0.717, 1.165) is 47.3 Å². The predicted molar refractivity (Wildman–Crippen MR) is 133 cm³/mol. The Labute approximate surface area is 199 Å². The number of halogens is 1.